The first-order valence-corrected chi connectivity index (χ1v) is 7.43. The molecule has 0 aliphatic heterocycles. The predicted octanol–water partition coefficient (Wildman–Crippen LogP) is 3.75. The van der Waals surface area contributed by atoms with Gasteiger partial charge in [0.25, 0.3) is 0 Å². The summed E-state index contributed by atoms with van der Waals surface area (Å²) in [5, 5.41) is 10.8. The molecule has 1 nitrogen and oxygen atoms in total. The van der Waals surface area contributed by atoms with Crippen LogP contribution in [0, 0.1) is 23.7 Å². The van der Waals surface area contributed by atoms with E-state index in [1.807, 2.05) is 0 Å². The molecule has 0 aromatic carbocycles. The minimum atomic E-state index is -0.274. The summed E-state index contributed by atoms with van der Waals surface area (Å²) in [4.78, 5) is 0. The van der Waals surface area contributed by atoms with Gasteiger partial charge in [0.2, 0.25) is 0 Å². The summed E-state index contributed by atoms with van der Waals surface area (Å²) in [5.41, 5.74) is -0.274. The Morgan fingerprint density at radius 1 is 1.19 bits per heavy atom. The topological polar surface area (TPSA) is 20.2 Å². The number of fused-ring (bicyclic) bond motifs is 2. The Labute approximate surface area is 99.6 Å². The Balaban J connectivity index is 1.65. The second kappa shape index (κ2) is 4.01. The van der Waals surface area contributed by atoms with Crippen LogP contribution in [0.25, 0.3) is 0 Å². The molecule has 92 valence electrons. The fraction of sp³-hybridized carbons (Fsp3) is 1.00. The molecule has 0 saturated heterocycles. The molecule has 1 heteroatoms. The summed E-state index contributed by atoms with van der Waals surface area (Å²) in [6, 6.07) is 0. The highest BCUT2D eigenvalue weighted by atomic mass is 16.3. The number of hydrogen-bond acceptors (Lipinski definition) is 1. The van der Waals surface area contributed by atoms with Crippen LogP contribution < -0.4 is 0 Å². The summed E-state index contributed by atoms with van der Waals surface area (Å²) in [6.07, 6.45) is 11.8. The molecule has 0 heterocycles. The molecule has 3 fully saturated rings. The highest BCUT2D eigenvalue weighted by molar-refractivity contribution is 4.98. The summed E-state index contributed by atoms with van der Waals surface area (Å²) < 4.78 is 0. The second-order valence-corrected chi connectivity index (χ2v) is 6.74. The van der Waals surface area contributed by atoms with Gasteiger partial charge in [-0.3, -0.25) is 0 Å². The van der Waals surface area contributed by atoms with Gasteiger partial charge >= 0.3 is 0 Å². The van der Waals surface area contributed by atoms with E-state index in [-0.39, 0.29) is 5.60 Å². The van der Waals surface area contributed by atoms with Crippen molar-refractivity contribution >= 4 is 0 Å². The Bertz CT molecular complexity index is 262. The van der Waals surface area contributed by atoms with Crippen molar-refractivity contribution < 1.29 is 5.11 Å². The van der Waals surface area contributed by atoms with Gasteiger partial charge < -0.3 is 5.11 Å². The molecule has 0 radical (unpaired) electrons. The van der Waals surface area contributed by atoms with Gasteiger partial charge in [0.15, 0.2) is 0 Å². The van der Waals surface area contributed by atoms with Crippen LogP contribution in [-0.2, 0) is 0 Å². The molecule has 0 amide bonds. The maximum atomic E-state index is 10.8. The Kier molecular flexibility index (Phi) is 2.78. The van der Waals surface area contributed by atoms with Crippen LogP contribution in [0.15, 0.2) is 0 Å². The van der Waals surface area contributed by atoms with Gasteiger partial charge in [0.1, 0.15) is 0 Å². The van der Waals surface area contributed by atoms with E-state index in [1.54, 1.807) is 0 Å². The minimum Gasteiger partial charge on any atom is -0.390 e. The monoisotopic (exact) mass is 222 g/mol. The summed E-state index contributed by atoms with van der Waals surface area (Å²) in [7, 11) is 0. The van der Waals surface area contributed by atoms with E-state index in [1.165, 1.54) is 44.9 Å². The van der Waals surface area contributed by atoms with E-state index in [0.717, 1.165) is 30.6 Å². The molecule has 0 aromatic heterocycles. The molecule has 3 saturated carbocycles. The molecule has 3 rings (SSSR count). The van der Waals surface area contributed by atoms with Gasteiger partial charge in [-0.15, -0.1) is 0 Å². The van der Waals surface area contributed by atoms with Crippen LogP contribution in [0.2, 0.25) is 0 Å². The standard InChI is InChI=1S/C15H26O/c1-2-14-4-3-7-15(14,16)10-13-9-11-5-6-12(13)8-11/h11-14,16H,2-10H2,1H3. The van der Waals surface area contributed by atoms with Crippen molar-refractivity contribution in [1.29, 1.82) is 0 Å². The van der Waals surface area contributed by atoms with Crippen molar-refractivity contribution in [2.45, 2.75) is 70.3 Å². The van der Waals surface area contributed by atoms with Crippen LogP contribution in [0.5, 0.6) is 0 Å². The van der Waals surface area contributed by atoms with Crippen molar-refractivity contribution in [2.24, 2.45) is 23.7 Å². The highest BCUT2D eigenvalue weighted by Gasteiger charge is 2.47. The lowest BCUT2D eigenvalue weighted by molar-refractivity contribution is -0.0274. The highest BCUT2D eigenvalue weighted by Crippen LogP contribution is 2.53. The lowest BCUT2D eigenvalue weighted by Gasteiger charge is -2.35. The average Bonchev–Trinajstić information content (AvgIpc) is 2.92. The lowest BCUT2D eigenvalue weighted by atomic mass is 9.76. The van der Waals surface area contributed by atoms with Gasteiger partial charge in [-0.1, -0.05) is 26.2 Å². The fourth-order valence-corrected chi connectivity index (χ4v) is 5.06. The van der Waals surface area contributed by atoms with Crippen molar-refractivity contribution in [3.8, 4) is 0 Å². The number of aliphatic hydroxyl groups is 1. The second-order valence-electron chi connectivity index (χ2n) is 6.74. The molecule has 2 bridgehead atoms. The third-order valence-corrected chi connectivity index (χ3v) is 5.92. The van der Waals surface area contributed by atoms with Gasteiger partial charge in [-0.05, 0) is 62.2 Å². The van der Waals surface area contributed by atoms with Crippen molar-refractivity contribution in [2.75, 3.05) is 0 Å². The molecule has 5 unspecified atom stereocenters. The Morgan fingerprint density at radius 2 is 2.06 bits per heavy atom. The van der Waals surface area contributed by atoms with E-state index in [0.29, 0.717) is 5.92 Å². The SMILES string of the molecule is CCC1CCCC1(O)CC1CC2CCC1C2. The third kappa shape index (κ3) is 1.72. The number of hydrogen-bond donors (Lipinski definition) is 1. The molecule has 0 aromatic rings. The molecule has 16 heavy (non-hydrogen) atoms. The quantitative estimate of drug-likeness (QED) is 0.771. The summed E-state index contributed by atoms with van der Waals surface area (Å²) >= 11 is 0. The van der Waals surface area contributed by atoms with Crippen molar-refractivity contribution in [1.82, 2.24) is 0 Å². The van der Waals surface area contributed by atoms with Gasteiger partial charge in [-0.25, -0.2) is 0 Å². The maximum absolute atomic E-state index is 10.8. The van der Waals surface area contributed by atoms with E-state index >= 15 is 0 Å². The molecule has 3 aliphatic carbocycles. The van der Waals surface area contributed by atoms with E-state index < -0.39 is 0 Å². The third-order valence-electron chi connectivity index (χ3n) is 5.92. The van der Waals surface area contributed by atoms with Crippen LogP contribution >= 0.6 is 0 Å². The first-order valence-electron chi connectivity index (χ1n) is 7.43. The molecule has 3 aliphatic rings. The van der Waals surface area contributed by atoms with Crippen LogP contribution in [0.1, 0.15) is 64.7 Å². The Morgan fingerprint density at radius 3 is 2.69 bits per heavy atom. The molecule has 1 N–H and O–H groups in total. The zero-order valence-electron chi connectivity index (χ0n) is 10.6. The van der Waals surface area contributed by atoms with E-state index in [2.05, 4.69) is 6.92 Å². The number of rotatable bonds is 3. The van der Waals surface area contributed by atoms with Crippen LogP contribution in [0.4, 0.5) is 0 Å². The van der Waals surface area contributed by atoms with Gasteiger partial charge in [0, 0.05) is 0 Å². The molecule has 0 spiro atoms. The largest absolute Gasteiger partial charge is 0.390 e. The summed E-state index contributed by atoms with van der Waals surface area (Å²) in [6.45, 7) is 2.25. The first-order chi connectivity index (χ1) is 7.71. The fourth-order valence-electron chi connectivity index (χ4n) is 5.06. The molecule has 5 atom stereocenters. The molecular formula is C15H26O. The molecular weight excluding hydrogens is 196 g/mol. The van der Waals surface area contributed by atoms with Gasteiger partial charge in [-0.2, -0.15) is 0 Å². The maximum Gasteiger partial charge on any atom is 0.0678 e. The van der Waals surface area contributed by atoms with E-state index in [4.69, 9.17) is 0 Å². The summed E-state index contributed by atoms with van der Waals surface area (Å²) in [5.74, 6) is 3.48. The van der Waals surface area contributed by atoms with Crippen LogP contribution in [0.3, 0.4) is 0 Å². The van der Waals surface area contributed by atoms with Crippen molar-refractivity contribution in [3.63, 3.8) is 0 Å². The normalized spacial score (nSPS) is 51.4. The smallest absolute Gasteiger partial charge is 0.0678 e. The lowest BCUT2D eigenvalue weighted by Crippen LogP contribution is -2.36. The first kappa shape index (κ1) is 11.1. The Hall–Kier alpha value is -0.0400. The van der Waals surface area contributed by atoms with Crippen molar-refractivity contribution in [3.05, 3.63) is 0 Å². The zero-order chi connectivity index (χ0) is 11.2. The average molecular weight is 222 g/mol. The predicted molar refractivity (Wildman–Crippen MR) is 66.1 cm³/mol. The van der Waals surface area contributed by atoms with Gasteiger partial charge in [0.05, 0.1) is 5.60 Å². The van der Waals surface area contributed by atoms with E-state index in [9.17, 15) is 5.11 Å². The zero-order valence-corrected chi connectivity index (χ0v) is 10.6. The van der Waals surface area contributed by atoms with Crippen LogP contribution in [-0.4, -0.2) is 10.7 Å². The minimum absolute atomic E-state index is 0.274.